The van der Waals surface area contributed by atoms with Crippen molar-refractivity contribution < 1.29 is 45.4 Å². The van der Waals surface area contributed by atoms with Crippen LogP contribution in [-0.4, -0.2) is 42.0 Å². The van der Waals surface area contributed by atoms with E-state index in [2.05, 4.69) is 4.57 Å². The van der Waals surface area contributed by atoms with E-state index in [1.807, 2.05) is 86.8 Å². The van der Waals surface area contributed by atoms with Gasteiger partial charge in [-0.25, -0.2) is 8.42 Å². The average Bonchev–Trinajstić information content (AvgIpc) is 2.84. The summed E-state index contributed by atoms with van der Waals surface area (Å²) < 4.78 is 61.0. The summed E-state index contributed by atoms with van der Waals surface area (Å²) in [6.45, 7) is 2.08. The van der Waals surface area contributed by atoms with Crippen molar-refractivity contribution in [3.05, 3.63) is 83.9 Å². The molecule has 0 fully saturated rings. The Morgan fingerprint density at radius 1 is 0.921 bits per heavy atom. The Morgan fingerprint density at radius 3 is 1.79 bits per heavy atom. The van der Waals surface area contributed by atoms with Gasteiger partial charge in [0.15, 0.2) is 10.1 Å². The second kappa shape index (κ2) is 11.2. The molecule has 0 aliphatic carbocycles. The third-order valence-corrected chi connectivity index (χ3v) is 6.27. The van der Waals surface area contributed by atoms with Crippen LogP contribution in [0.4, 0.5) is 18.9 Å². The SMILES string of the molecule is Cc1ccc(N(CCC(=O)O)C(=O)c2c3ccccc3[n+](C)c3ccccc23)cc1.O=S(=O)([O-])C(F)(F)F. The van der Waals surface area contributed by atoms with Crippen LogP contribution in [0.3, 0.4) is 0 Å². The van der Waals surface area contributed by atoms with E-state index in [9.17, 15) is 27.9 Å². The van der Waals surface area contributed by atoms with Gasteiger partial charge in [0.1, 0.15) is 7.05 Å². The van der Waals surface area contributed by atoms with Crippen LogP contribution in [0, 0.1) is 6.92 Å². The number of rotatable bonds is 5. The Bertz CT molecular complexity index is 1550. The fourth-order valence-electron chi connectivity index (χ4n) is 3.88. The number of carbonyl (C=O) groups is 2. The number of aliphatic carboxylic acids is 1. The number of fused-ring (bicyclic) bond motifs is 2. The minimum atomic E-state index is -6.09. The van der Waals surface area contributed by atoms with Crippen LogP contribution in [-0.2, 0) is 22.0 Å². The molecule has 3 aromatic carbocycles. The molecule has 200 valence electrons. The molecule has 38 heavy (non-hydrogen) atoms. The molecule has 8 nitrogen and oxygen atoms in total. The molecule has 0 saturated carbocycles. The maximum absolute atomic E-state index is 13.9. The van der Waals surface area contributed by atoms with E-state index in [1.54, 1.807) is 4.90 Å². The molecule has 0 spiro atoms. The van der Waals surface area contributed by atoms with Gasteiger partial charge in [0.2, 0.25) is 11.0 Å². The number of carboxylic acids is 1. The third-order valence-electron chi connectivity index (χ3n) is 5.71. The van der Waals surface area contributed by atoms with Crippen LogP contribution >= 0.6 is 0 Å². The predicted octanol–water partition coefficient (Wildman–Crippen LogP) is 4.30. The Balaban J connectivity index is 0.000000436. The molecule has 12 heteroatoms. The normalized spacial score (nSPS) is 11.6. The number of alkyl halides is 3. The number of benzene rings is 3. The van der Waals surface area contributed by atoms with Crippen molar-refractivity contribution in [3.8, 4) is 0 Å². The lowest BCUT2D eigenvalue weighted by atomic mass is 10.00. The largest absolute Gasteiger partial charge is 0.741 e. The molecular weight excluding hydrogens is 525 g/mol. The van der Waals surface area contributed by atoms with E-state index in [0.717, 1.165) is 27.4 Å². The lowest BCUT2D eigenvalue weighted by Gasteiger charge is -2.23. The molecule has 4 aromatic rings. The van der Waals surface area contributed by atoms with Gasteiger partial charge >= 0.3 is 11.5 Å². The zero-order valence-electron chi connectivity index (χ0n) is 20.3. The molecule has 1 N–H and O–H groups in total. The van der Waals surface area contributed by atoms with Crippen molar-refractivity contribution in [1.29, 1.82) is 0 Å². The van der Waals surface area contributed by atoms with Gasteiger partial charge in [-0.3, -0.25) is 9.59 Å². The number of amides is 1. The Kier molecular flexibility index (Phi) is 8.38. The van der Waals surface area contributed by atoms with E-state index in [4.69, 9.17) is 13.0 Å². The molecule has 0 saturated heterocycles. The van der Waals surface area contributed by atoms with Gasteiger partial charge in [0.25, 0.3) is 5.91 Å². The van der Waals surface area contributed by atoms with Gasteiger partial charge < -0.3 is 14.6 Å². The summed E-state index contributed by atoms with van der Waals surface area (Å²) in [4.78, 5) is 26.8. The zero-order valence-corrected chi connectivity index (χ0v) is 21.1. The van der Waals surface area contributed by atoms with E-state index < -0.39 is 21.6 Å². The quantitative estimate of drug-likeness (QED) is 0.172. The summed E-state index contributed by atoms with van der Waals surface area (Å²) >= 11 is 0. The number of nitrogens with zero attached hydrogens (tertiary/aromatic N) is 2. The summed E-state index contributed by atoms with van der Waals surface area (Å²) in [5.74, 6) is -1.14. The van der Waals surface area contributed by atoms with E-state index in [0.29, 0.717) is 11.3 Å². The molecule has 0 aliphatic rings. The van der Waals surface area contributed by atoms with Gasteiger partial charge in [0, 0.05) is 24.4 Å². The highest BCUT2D eigenvalue weighted by Crippen LogP contribution is 2.28. The summed E-state index contributed by atoms with van der Waals surface area (Å²) in [5, 5.41) is 10.9. The number of halogens is 3. The van der Waals surface area contributed by atoms with E-state index >= 15 is 0 Å². The highest BCUT2D eigenvalue weighted by molar-refractivity contribution is 7.86. The Labute approximate surface area is 216 Å². The summed E-state index contributed by atoms with van der Waals surface area (Å²) in [6, 6.07) is 23.2. The van der Waals surface area contributed by atoms with Crippen molar-refractivity contribution in [2.45, 2.75) is 18.9 Å². The van der Waals surface area contributed by atoms with Crippen molar-refractivity contribution in [3.63, 3.8) is 0 Å². The summed E-state index contributed by atoms with van der Waals surface area (Å²) in [7, 11) is -4.10. The molecule has 1 amide bonds. The predicted molar refractivity (Wildman–Crippen MR) is 133 cm³/mol. The number of hydrogen-bond acceptors (Lipinski definition) is 5. The van der Waals surface area contributed by atoms with Crippen molar-refractivity contribution in [2.24, 2.45) is 7.05 Å². The van der Waals surface area contributed by atoms with Gasteiger partial charge in [-0.2, -0.15) is 17.7 Å². The molecule has 0 bridgehead atoms. The van der Waals surface area contributed by atoms with Crippen LogP contribution in [0.15, 0.2) is 72.8 Å². The van der Waals surface area contributed by atoms with Crippen LogP contribution in [0.1, 0.15) is 22.3 Å². The summed E-state index contributed by atoms with van der Waals surface area (Å²) in [6.07, 6.45) is -0.129. The van der Waals surface area contributed by atoms with Gasteiger partial charge in [-0.05, 0) is 31.2 Å². The second-order valence-corrected chi connectivity index (χ2v) is 9.68. The molecule has 0 atom stereocenters. The first-order valence-corrected chi connectivity index (χ1v) is 12.5. The number of aromatic nitrogens is 1. The molecule has 0 aliphatic heterocycles. The maximum atomic E-state index is 13.9. The van der Waals surface area contributed by atoms with Crippen molar-refractivity contribution in [2.75, 3.05) is 11.4 Å². The van der Waals surface area contributed by atoms with Crippen LogP contribution in [0.25, 0.3) is 21.8 Å². The lowest BCUT2D eigenvalue weighted by Crippen LogP contribution is -2.36. The standard InChI is InChI=1S/C25H22N2O3.CHF3O3S/c1-17-11-13-18(14-12-17)27(16-15-23(28)29)25(30)24-19-7-3-5-9-21(19)26(2)22-10-6-4-8-20(22)24;2-1(3,4)8(5,6)7/h3-14H,15-16H2,1-2H3;(H,5,6,7). The minimum absolute atomic E-state index is 0.0981. The summed E-state index contributed by atoms with van der Waals surface area (Å²) in [5.41, 5.74) is -1.40. The first-order chi connectivity index (χ1) is 17.7. The van der Waals surface area contributed by atoms with Gasteiger partial charge in [-0.1, -0.05) is 42.0 Å². The second-order valence-electron chi connectivity index (χ2n) is 8.30. The number of pyridine rings is 1. The fraction of sp³-hybridized carbons (Fsp3) is 0.192. The zero-order chi connectivity index (χ0) is 28.3. The molecule has 4 rings (SSSR count). The number of carboxylic acid groups (broad SMARTS) is 1. The van der Waals surface area contributed by atoms with E-state index in [-0.39, 0.29) is 18.9 Å². The fourth-order valence-corrected chi connectivity index (χ4v) is 3.88. The number of anilines is 1. The topological polar surface area (TPSA) is 119 Å². The average molecular weight is 549 g/mol. The molecule has 0 radical (unpaired) electrons. The monoisotopic (exact) mass is 548 g/mol. The maximum Gasteiger partial charge on any atom is 0.485 e. The number of carbonyl (C=O) groups excluding carboxylic acids is 1. The first-order valence-electron chi connectivity index (χ1n) is 11.1. The van der Waals surface area contributed by atoms with Crippen LogP contribution < -0.4 is 9.47 Å². The van der Waals surface area contributed by atoms with E-state index in [1.165, 1.54) is 0 Å². The molecule has 0 unspecified atom stereocenters. The van der Waals surface area contributed by atoms with Gasteiger partial charge in [0.05, 0.1) is 22.8 Å². The minimum Gasteiger partial charge on any atom is -0.741 e. The smallest absolute Gasteiger partial charge is 0.485 e. The highest BCUT2D eigenvalue weighted by Gasteiger charge is 2.37. The molecule has 1 heterocycles. The van der Waals surface area contributed by atoms with Crippen molar-refractivity contribution in [1.82, 2.24) is 0 Å². The highest BCUT2D eigenvalue weighted by atomic mass is 32.2. The van der Waals surface area contributed by atoms with Crippen LogP contribution in [0.2, 0.25) is 0 Å². The Morgan fingerprint density at radius 2 is 1.37 bits per heavy atom. The third kappa shape index (κ3) is 6.26. The van der Waals surface area contributed by atoms with Crippen LogP contribution in [0.5, 0.6) is 0 Å². The number of hydrogen-bond donors (Lipinski definition) is 1. The molecular formula is C26H23F3N2O6S. The van der Waals surface area contributed by atoms with Crippen molar-refractivity contribution >= 4 is 49.5 Å². The number of para-hydroxylation sites is 2. The van der Waals surface area contributed by atoms with Gasteiger partial charge in [-0.15, -0.1) is 0 Å². The lowest BCUT2D eigenvalue weighted by molar-refractivity contribution is -0.617. The Hall–Kier alpha value is -4.03. The first kappa shape index (κ1) is 28.5. The molecule has 1 aromatic heterocycles. The number of aryl methyl sites for hydroxylation is 2.